The fraction of sp³-hybridized carbons (Fsp3) is 0.643. The molecule has 5 nitrogen and oxygen atoms in total. The third kappa shape index (κ3) is 4.85. The first-order chi connectivity index (χ1) is 8.43. The van der Waals surface area contributed by atoms with Crippen LogP contribution in [-0.2, 0) is 19.1 Å². The van der Waals surface area contributed by atoms with Crippen molar-refractivity contribution < 1.29 is 19.1 Å². The Balaban J connectivity index is 5.10. The minimum absolute atomic E-state index is 0.00442. The van der Waals surface area contributed by atoms with Crippen molar-refractivity contribution in [2.24, 2.45) is 0 Å². The Kier molecular flexibility index (Phi) is 5.47. The van der Waals surface area contributed by atoms with E-state index in [2.05, 4.69) is 6.58 Å². The van der Waals surface area contributed by atoms with Crippen molar-refractivity contribution in [3.63, 3.8) is 0 Å². The van der Waals surface area contributed by atoms with Gasteiger partial charge in [-0.15, -0.1) is 0 Å². The fourth-order valence-electron chi connectivity index (χ4n) is 2.02. The van der Waals surface area contributed by atoms with Crippen molar-refractivity contribution in [3.05, 3.63) is 12.2 Å². The van der Waals surface area contributed by atoms with Gasteiger partial charge < -0.3 is 9.64 Å². The number of carbonyl (C=O) groups is 3. The number of rotatable bonds is 5. The summed E-state index contributed by atoms with van der Waals surface area (Å²) in [4.78, 5) is 35.4. The molecule has 108 valence electrons. The number of carbonyl (C=O) groups excluding carboxylic acids is 3. The Morgan fingerprint density at radius 1 is 1.21 bits per heavy atom. The highest BCUT2D eigenvalue weighted by molar-refractivity contribution is 6.24. The number of ether oxygens (including phenoxy) is 1. The maximum absolute atomic E-state index is 11.8. The first kappa shape index (κ1) is 17.4. The summed E-state index contributed by atoms with van der Waals surface area (Å²) in [5, 5.41) is 0. The average molecular weight is 269 g/mol. The zero-order valence-corrected chi connectivity index (χ0v) is 12.6. The molecule has 0 spiro atoms. The van der Waals surface area contributed by atoms with Crippen LogP contribution in [0.15, 0.2) is 12.2 Å². The van der Waals surface area contributed by atoms with Crippen LogP contribution in [0.25, 0.3) is 0 Å². The highest BCUT2D eigenvalue weighted by atomic mass is 16.5. The summed E-state index contributed by atoms with van der Waals surface area (Å²) in [6.07, 6.45) is 0.271. The van der Waals surface area contributed by atoms with Gasteiger partial charge in [0, 0.05) is 11.1 Å². The zero-order valence-electron chi connectivity index (χ0n) is 12.6. The Hall–Kier alpha value is -1.65. The summed E-state index contributed by atoms with van der Waals surface area (Å²) in [5.74, 6) is -1.15. The minimum atomic E-state index is -0.790. The first-order valence-corrected chi connectivity index (χ1v) is 6.05. The summed E-state index contributed by atoms with van der Waals surface area (Å²) in [5.41, 5.74) is -1.06. The zero-order chi connectivity index (χ0) is 15.4. The van der Waals surface area contributed by atoms with Gasteiger partial charge in [0.05, 0.1) is 5.54 Å². The Labute approximate surface area is 114 Å². The van der Waals surface area contributed by atoms with Crippen LogP contribution < -0.4 is 0 Å². The molecular formula is C14H23NO4. The Morgan fingerprint density at radius 2 is 1.68 bits per heavy atom. The third-order valence-corrected chi connectivity index (χ3v) is 2.50. The molecule has 0 aromatic carbocycles. The van der Waals surface area contributed by atoms with Crippen LogP contribution in [0.1, 0.15) is 41.5 Å². The molecule has 0 saturated heterocycles. The maximum atomic E-state index is 11.8. The van der Waals surface area contributed by atoms with Gasteiger partial charge in [-0.25, -0.2) is 4.79 Å². The molecule has 0 aliphatic heterocycles. The predicted octanol–water partition coefficient (Wildman–Crippen LogP) is 1.71. The molecule has 1 amide bonds. The maximum Gasteiger partial charge on any atom is 0.333 e. The second-order valence-electron chi connectivity index (χ2n) is 6.13. The van der Waals surface area contributed by atoms with E-state index in [9.17, 15) is 14.4 Å². The van der Waals surface area contributed by atoms with Gasteiger partial charge in [-0.2, -0.15) is 0 Å². The molecule has 0 bridgehead atoms. The van der Waals surface area contributed by atoms with Crippen molar-refractivity contribution in [1.82, 2.24) is 4.90 Å². The molecule has 0 atom stereocenters. The number of nitrogens with zero attached hydrogens (tertiary/aromatic N) is 1. The monoisotopic (exact) mass is 269 g/mol. The molecule has 0 fully saturated rings. The molecule has 0 aliphatic carbocycles. The van der Waals surface area contributed by atoms with E-state index in [1.807, 2.05) is 20.8 Å². The van der Waals surface area contributed by atoms with E-state index in [0.717, 1.165) is 0 Å². The van der Waals surface area contributed by atoms with Gasteiger partial charge in [-0.05, 0) is 41.5 Å². The van der Waals surface area contributed by atoms with Crippen LogP contribution >= 0.6 is 0 Å². The second kappa shape index (κ2) is 5.99. The SMILES string of the molecule is C=C(C)C(=O)OCC(C)(C)N(C(=O)C=O)C(C)(C)C. The van der Waals surface area contributed by atoms with Gasteiger partial charge in [0.15, 0.2) is 0 Å². The van der Waals surface area contributed by atoms with Crippen molar-refractivity contribution in [3.8, 4) is 0 Å². The number of hydrogen-bond acceptors (Lipinski definition) is 4. The van der Waals surface area contributed by atoms with Crippen molar-refractivity contribution in [2.75, 3.05) is 6.61 Å². The van der Waals surface area contributed by atoms with Crippen molar-refractivity contribution in [1.29, 1.82) is 0 Å². The smallest absolute Gasteiger partial charge is 0.333 e. The van der Waals surface area contributed by atoms with Gasteiger partial charge in [0.1, 0.15) is 6.61 Å². The van der Waals surface area contributed by atoms with Crippen LogP contribution in [0.3, 0.4) is 0 Å². The third-order valence-electron chi connectivity index (χ3n) is 2.50. The second-order valence-corrected chi connectivity index (χ2v) is 6.13. The number of hydrogen-bond donors (Lipinski definition) is 0. The molecule has 0 aromatic rings. The van der Waals surface area contributed by atoms with Crippen molar-refractivity contribution in [2.45, 2.75) is 52.6 Å². The summed E-state index contributed by atoms with van der Waals surface area (Å²) in [6, 6.07) is 0. The van der Waals surface area contributed by atoms with E-state index in [0.29, 0.717) is 5.57 Å². The van der Waals surface area contributed by atoms with Gasteiger partial charge in [0.2, 0.25) is 6.29 Å². The quantitative estimate of drug-likeness (QED) is 0.330. The van der Waals surface area contributed by atoms with Crippen LogP contribution in [-0.4, -0.2) is 40.7 Å². The molecule has 5 heteroatoms. The standard InChI is InChI=1S/C14H23NO4/c1-10(2)12(18)19-9-14(6,7)15(11(17)8-16)13(3,4)5/h8H,1,9H2,2-7H3. The first-order valence-electron chi connectivity index (χ1n) is 6.05. The lowest BCUT2D eigenvalue weighted by atomic mass is 9.95. The highest BCUT2D eigenvalue weighted by Crippen LogP contribution is 2.25. The molecule has 0 radical (unpaired) electrons. The Morgan fingerprint density at radius 3 is 2.00 bits per heavy atom. The highest BCUT2D eigenvalue weighted by Gasteiger charge is 2.39. The van der Waals surface area contributed by atoms with E-state index in [1.54, 1.807) is 20.8 Å². The molecule has 19 heavy (non-hydrogen) atoms. The number of aldehydes is 1. The van der Waals surface area contributed by atoms with E-state index >= 15 is 0 Å². The number of amides is 1. The fourth-order valence-corrected chi connectivity index (χ4v) is 2.02. The van der Waals surface area contributed by atoms with Crippen LogP contribution in [0, 0.1) is 0 Å². The molecule has 0 heterocycles. The van der Waals surface area contributed by atoms with Crippen LogP contribution in [0.4, 0.5) is 0 Å². The predicted molar refractivity (Wildman–Crippen MR) is 72.5 cm³/mol. The number of esters is 1. The molecule has 0 saturated carbocycles. The summed E-state index contributed by atoms with van der Waals surface area (Å²) >= 11 is 0. The molecular weight excluding hydrogens is 246 g/mol. The van der Waals surface area contributed by atoms with E-state index in [-0.39, 0.29) is 12.9 Å². The van der Waals surface area contributed by atoms with Crippen LogP contribution in [0.5, 0.6) is 0 Å². The van der Waals surface area contributed by atoms with E-state index in [4.69, 9.17) is 4.74 Å². The topological polar surface area (TPSA) is 63.7 Å². The van der Waals surface area contributed by atoms with Gasteiger partial charge in [-0.3, -0.25) is 9.59 Å². The van der Waals surface area contributed by atoms with E-state index in [1.165, 1.54) is 4.90 Å². The molecule has 0 N–H and O–H groups in total. The lowest BCUT2D eigenvalue weighted by Gasteiger charge is -2.45. The normalized spacial score (nSPS) is 11.7. The minimum Gasteiger partial charge on any atom is -0.460 e. The summed E-state index contributed by atoms with van der Waals surface area (Å²) < 4.78 is 5.09. The van der Waals surface area contributed by atoms with Gasteiger partial charge in [0.25, 0.3) is 5.91 Å². The average Bonchev–Trinajstić information content (AvgIpc) is 2.23. The lowest BCUT2D eigenvalue weighted by Crippen LogP contribution is -2.59. The Bertz CT molecular complexity index is 391. The van der Waals surface area contributed by atoms with Crippen molar-refractivity contribution >= 4 is 18.2 Å². The summed E-state index contributed by atoms with van der Waals surface area (Å²) in [7, 11) is 0. The largest absolute Gasteiger partial charge is 0.460 e. The summed E-state index contributed by atoms with van der Waals surface area (Å²) in [6.45, 7) is 14.0. The van der Waals surface area contributed by atoms with Crippen LogP contribution in [0.2, 0.25) is 0 Å². The van der Waals surface area contributed by atoms with Gasteiger partial charge in [-0.1, -0.05) is 6.58 Å². The molecule has 0 aromatic heterocycles. The molecule has 0 aliphatic rings. The van der Waals surface area contributed by atoms with Gasteiger partial charge >= 0.3 is 5.97 Å². The van der Waals surface area contributed by atoms with E-state index < -0.39 is 23.0 Å². The lowest BCUT2D eigenvalue weighted by molar-refractivity contribution is -0.156. The molecule has 0 unspecified atom stereocenters. The molecule has 0 rings (SSSR count).